The maximum absolute atomic E-state index is 9.11. The van der Waals surface area contributed by atoms with Crippen LogP contribution in [0.2, 0.25) is 5.02 Å². The van der Waals surface area contributed by atoms with Crippen LogP contribution in [0, 0.1) is 11.3 Å². The molecule has 0 aliphatic carbocycles. The number of rotatable bonds is 2. The van der Waals surface area contributed by atoms with Crippen LogP contribution >= 0.6 is 23.4 Å². The standard InChI is InChI=1S/C14H8ClN3S/c15-10-5-6-13(9(7-10)8-16)19-14-17-11-3-1-2-4-12(11)18-14/h1-7H,(H,17,18). The predicted octanol–water partition coefficient (Wildman–Crippen LogP) is 4.24. The van der Waals surface area contributed by atoms with Crippen molar-refractivity contribution in [2.24, 2.45) is 0 Å². The summed E-state index contributed by atoms with van der Waals surface area (Å²) in [5.41, 5.74) is 2.45. The molecule has 0 aliphatic heterocycles. The number of nitrogens with zero attached hydrogens (tertiary/aromatic N) is 2. The van der Waals surface area contributed by atoms with Gasteiger partial charge in [-0.1, -0.05) is 35.5 Å². The SMILES string of the molecule is N#Cc1cc(Cl)ccc1Sc1nc2ccccc2[nH]1. The quantitative estimate of drug-likeness (QED) is 0.766. The summed E-state index contributed by atoms with van der Waals surface area (Å²) in [6.07, 6.45) is 0. The van der Waals surface area contributed by atoms with Gasteiger partial charge in [-0.25, -0.2) is 4.98 Å². The number of aromatic amines is 1. The minimum atomic E-state index is 0.554. The lowest BCUT2D eigenvalue weighted by Crippen LogP contribution is -1.82. The molecule has 0 bridgehead atoms. The number of hydrogen-bond donors (Lipinski definition) is 1. The first kappa shape index (κ1) is 12.1. The second kappa shape index (κ2) is 4.96. The lowest BCUT2D eigenvalue weighted by atomic mass is 10.2. The van der Waals surface area contributed by atoms with Crippen molar-refractivity contribution in [3.05, 3.63) is 53.1 Å². The van der Waals surface area contributed by atoms with Crippen LogP contribution in [-0.4, -0.2) is 9.97 Å². The van der Waals surface area contributed by atoms with Gasteiger partial charge in [0.2, 0.25) is 0 Å². The Bertz CT molecular complexity index is 756. The fourth-order valence-corrected chi connectivity index (χ4v) is 2.80. The van der Waals surface area contributed by atoms with Gasteiger partial charge < -0.3 is 4.98 Å². The highest BCUT2D eigenvalue weighted by atomic mass is 35.5. The summed E-state index contributed by atoms with van der Waals surface area (Å²) in [5, 5.41) is 10.4. The second-order valence-electron chi connectivity index (χ2n) is 3.91. The Hall–Kier alpha value is -1.96. The molecule has 5 heteroatoms. The van der Waals surface area contributed by atoms with Gasteiger partial charge in [-0.2, -0.15) is 5.26 Å². The van der Waals surface area contributed by atoms with Crippen LogP contribution in [0.15, 0.2) is 52.5 Å². The first-order valence-corrected chi connectivity index (χ1v) is 6.78. The molecule has 0 amide bonds. The fraction of sp³-hybridized carbons (Fsp3) is 0. The van der Waals surface area contributed by atoms with Gasteiger partial charge in [-0.3, -0.25) is 0 Å². The third-order valence-corrected chi connectivity index (χ3v) is 3.83. The minimum absolute atomic E-state index is 0.554. The molecule has 0 saturated heterocycles. The van der Waals surface area contributed by atoms with Gasteiger partial charge in [0.15, 0.2) is 5.16 Å². The average Bonchev–Trinajstić information content (AvgIpc) is 2.83. The van der Waals surface area contributed by atoms with E-state index in [0.29, 0.717) is 10.6 Å². The molecule has 3 aromatic rings. The largest absolute Gasteiger partial charge is 0.333 e. The number of para-hydroxylation sites is 2. The molecule has 0 fully saturated rings. The van der Waals surface area contributed by atoms with E-state index in [1.807, 2.05) is 30.3 Å². The van der Waals surface area contributed by atoms with Crippen molar-refractivity contribution >= 4 is 34.4 Å². The third kappa shape index (κ3) is 2.43. The van der Waals surface area contributed by atoms with Crippen LogP contribution < -0.4 is 0 Å². The van der Waals surface area contributed by atoms with Gasteiger partial charge in [-0.05, 0) is 30.3 Å². The molecule has 1 heterocycles. The molecule has 0 unspecified atom stereocenters. The average molecular weight is 286 g/mol. The number of H-pyrrole nitrogens is 1. The Morgan fingerprint density at radius 1 is 1.21 bits per heavy atom. The van der Waals surface area contributed by atoms with Crippen LogP contribution in [0.3, 0.4) is 0 Å². The number of nitriles is 1. The highest BCUT2D eigenvalue weighted by Crippen LogP contribution is 2.31. The van der Waals surface area contributed by atoms with Gasteiger partial charge in [0.25, 0.3) is 0 Å². The summed E-state index contributed by atoms with van der Waals surface area (Å²) in [6, 6.07) is 15.2. The molecule has 0 spiro atoms. The van der Waals surface area contributed by atoms with Crippen LogP contribution in [0.4, 0.5) is 0 Å². The van der Waals surface area contributed by atoms with Crippen molar-refractivity contribution in [2.75, 3.05) is 0 Å². The number of nitrogens with one attached hydrogen (secondary N) is 1. The molecule has 19 heavy (non-hydrogen) atoms. The molecular weight excluding hydrogens is 278 g/mol. The van der Waals surface area contributed by atoms with E-state index in [0.717, 1.165) is 21.1 Å². The molecule has 0 atom stereocenters. The number of aromatic nitrogens is 2. The molecule has 0 saturated carbocycles. The summed E-state index contributed by atoms with van der Waals surface area (Å²) in [7, 11) is 0. The number of benzene rings is 2. The maximum Gasteiger partial charge on any atom is 0.171 e. The van der Waals surface area contributed by atoms with Crippen LogP contribution in [0.25, 0.3) is 11.0 Å². The smallest absolute Gasteiger partial charge is 0.171 e. The summed E-state index contributed by atoms with van der Waals surface area (Å²) in [5.74, 6) is 0. The molecule has 0 radical (unpaired) electrons. The molecule has 3 nitrogen and oxygen atoms in total. The first-order valence-electron chi connectivity index (χ1n) is 5.58. The van der Waals surface area contributed by atoms with Crippen molar-refractivity contribution in [1.82, 2.24) is 9.97 Å². The van der Waals surface area contributed by atoms with Gasteiger partial charge in [-0.15, -0.1) is 0 Å². The normalized spacial score (nSPS) is 10.5. The van der Waals surface area contributed by atoms with Crippen molar-refractivity contribution in [2.45, 2.75) is 10.1 Å². The second-order valence-corrected chi connectivity index (χ2v) is 5.38. The van der Waals surface area contributed by atoms with Gasteiger partial charge in [0.1, 0.15) is 6.07 Å². The zero-order valence-electron chi connectivity index (χ0n) is 9.72. The first-order chi connectivity index (χ1) is 9.26. The number of hydrogen-bond acceptors (Lipinski definition) is 3. The third-order valence-electron chi connectivity index (χ3n) is 2.64. The molecule has 2 aromatic carbocycles. The van der Waals surface area contributed by atoms with Crippen molar-refractivity contribution in [3.63, 3.8) is 0 Å². The number of imidazole rings is 1. The highest BCUT2D eigenvalue weighted by molar-refractivity contribution is 7.99. The van der Waals surface area contributed by atoms with Crippen molar-refractivity contribution < 1.29 is 0 Å². The Morgan fingerprint density at radius 2 is 2.05 bits per heavy atom. The van der Waals surface area contributed by atoms with Crippen LogP contribution in [0.5, 0.6) is 0 Å². The van der Waals surface area contributed by atoms with Crippen LogP contribution in [-0.2, 0) is 0 Å². The fourth-order valence-electron chi connectivity index (χ4n) is 1.76. The van der Waals surface area contributed by atoms with E-state index < -0.39 is 0 Å². The van der Waals surface area contributed by atoms with E-state index in [4.69, 9.17) is 16.9 Å². The zero-order valence-corrected chi connectivity index (χ0v) is 11.3. The van der Waals surface area contributed by atoms with E-state index in [9.17, 15) is 0 Å². The predicted molar refractivity (Wildman–Crippen MR) is 76.4 cm³/mol. The molecule has 1 aromatic heterocycles. The number of halogens is 1. The lowest BCUT2D eigenvalue weighted by Gasteiger charge is -2.01. The van der Waals surface area contributed by atoms with Gasteiger partial charge in [0, 0.05) is 9.92 Å². The molecule has 0 aliphatic rings. The van der Waals surface area contributed by atoms with Gasteiger partial charge >= 0.3 is 0 Å². The van der Waals surface area contributed by atoms with Crippen molar-refractivity contribution in [1.29, 1.82) is 5.26 Å². The summed E-state index contributed by atoms with van der Waals surface area (Å²) in [4.78, 5) is 8.53. The van der Waals surface area contributed by atoms with Gasteiger partial charge in [0.05, 0.1) is 16.6 Å². The summed E-state index contributed by atoms with van der Waals surface area (Å²) >= 11 is 7.30. The van der Waals surface area contributed by atoms with E-state index in [1.165, 1.54) is 11.8 Å². The van der Waals surface area contributed by atoms with E-state index in [-0.39, 0.29) is 0 Å². The number of fused-ring (bicyclic) bond motifs is 1. The Morgan fingerprint density at radius 3 is 2.84 bits per heavy atom. The maximum atomic E-state index is 9.11. The lowest BCUT2D eigenvalue weighted by molar-refractivity contribution is 1.08. The zero-order chi connectivity index (χ0) is 13.2. The molecule has 1 N–H and O–H groups in total. The van der Waals surface area contributed by atoms with Crippen LogP contribution in [0.1, 0.15) is 5.56 Å². The van der Waals surface area contributed by atoms with Crippen molar-refractivity contribution in [3.8, 4) is 6.07 Å². The van der Waals surface area contributed by atoms with E-state index in [1.54, 1.807) is 12.1 Å². The molecule has 92 valence electrons. The van der Waals surface area contributed by atoms with E-state index in [2.05, 4.69) is 16.0 Å². The Kier molecular flexibility index (Phi) is 3.16. The van der Waals surface area contributed by atoms with E-state index >= 15 is 0 Å². The minimum Gasteiger partial charge on any atom is -0.333 e. The Balaban J connectivity index is 1.99. The highest BCUT2D eigenvalue weighted by Gasteiger charge is 2.08. The summed E-state index contributed by atoms with van der Waals surface area (Å²) in [6.45, 7) is 0. The topological polar surface area (TPSA) is 52.5 Å². The molecule has 3 rings (SSSR count). The Labute approximate surface area is 119 Å². The monoisotopic (exact) mass is 285 g/mol. The summed E-state index contributed by atoms with van der Waals surface area (Å²) < 4.78 is 0. The molecular formula is C14H8ClN3S.